The van der Waals surface area contributed by atoms with Gasteiger partial charge in [0, 0.05) is 11.5 Å². The zero-order valence-electron chi connectivity index (χ0n) is 20.7. The van der Waals surface area contributed by atoms with Crippen molar-refractivity contribution in [3.05, 3.63) is 35.6 Å². The molecule has 0 unspecified atom stereocenters. The van der Waals surface area contributed by atoms with Crippen molar-refractivity contribution in [2.24, 2.45) is 23.5 Å². The summed E-state index contributed by atoms with van der Waals surface area (Å²) in [6.07, 6.45) is 10.3. The van der Waals surface area contributed by atoms with E-state index in [4.69, 9.17) is 10.5 Å². The molecule has 2 N–H and O–H groups in total. The standard InChI is InChI=1S/C28H39FN2O4/c29-24-8-6-21(7-9-24)25(32)22-13-18-31(19-14-22)17-12-20-10-15-28(16-11-20,27(30)34)35-26(33)23-4-2-1-3-5-23/h6-9,20,22-23H,1-5,10-19H2,(H2,30,34). The van der Waals surface area contributed by atoms with Gasteiger partial charge in [-0.15, -0.1) is 0 Å². The number of nitrogens with zero attached hydrogens (tertiary/aromatic N) is 1. The summed E-state index contributed by atoms with van der Waals surface area (Å²) < 4.78 is 19.0. The molecule has 3 aliphatic rings. The van der Waals surface area contributed by atoms with Gasteiger partial charge in [0.1, 0.15) is 5.82 Å². The highest BCUT2D eigenvalue weighted by molar-refractivity contribution is 5.97. The lowest BCUT2D eigenvalue weighted by Crippen LogP contribution is -2.51. The molecule has 1 saturated heterocycles. The van der Waals surface area contributed by atoms with Crippen LogP contribution in [0.25, 0.3) is 0 Å². The molecule has 1 aromatic carbocycles. The molecule has 4 rings (SSSR count). The van der Waals surface area contributed by atoms with E-state index in [1.54, 1.807) is 12.1 Å². The minimum atomic E-state index is -1.13. The number of ether oxygens (including phenoxy) is 1. The number of hydrogen-bond acceptors (Lipinski definition) is 5. The van der Waals surface area contributed by atoms with Crippen molar-refractivity contribution in [2.75, 3.05) is 19.6 Å². The summed E-state index contributed by atoms with van der Waals surface area (Å²) in [5, 5.41) is 0. The molecule has 192 valence electrons. The van der Waals surface area contributed by atoms with Crippen molar-refractivity contribution in [3.63, 3.8) is 0 Å². The summed E-state index contributed by atoms with van der Waals surface area (Å²) in [5.74, 6) is -0.559. The van der Waals surface area contributed by atoms with Crippen LogP contribution in [0.1, 0.15) is 87.4 Å². The number of carbonyl (C=O) groups excluding carboxylic acids is 3. The van der Waals surface area contributed by atoms with Crippen LogP contribution >= 0.6 is 0 Å². The van der Waals surface area contributed by atoms with Gasteiger partial charge in [-0.05, 0) is 108 Å². The maximum atomic E-state index is 13.1. The topological polar surface area (TPSA) is 89.7 Å². The third-order valence-electron chi connectivity index (χ3n) is 8.54. The summed E-state index contributed by atoms with van der Waals surface area (Å²) in [7, 11) is 0. The van der Waals surface area contributed by atoms with E-state index in [2.05, 4.69) is 4.90 Å². The Hall–Kier alpha value is -2.28. The first-order valence-corrected chi connectivity index (χ1v) is 13.4. The Kier molecular flexibility index (Phi) is 8.58. The monoisotopic (exact) mass is 486 g/mol. The van der Waals surface area contributed by atoms with Crippen LogP contribution in [0.2, 0.25) is 0 Å². The molecule has 0 radical (unpaired) electrons. The van der Waals surface area contributed by atoms with Crippen molar-refractivity contribution in [3.8, 4) is 0 Å². The number of rotatable bonds is 8. The summed E-state index contributed by atoms with van der Waals surface area (Å²) in [5.41, 5.74) is 5.19. The van der Waals surface area contributed by atoms with E-state index in [1.807, 2.05) is 0 Å². The molecule has 1 aromatic rings. The van der Waals surface area contributed by atoms with Gasteiger partial charge in [-0.3, -0.25) is 14.4 Å². The molecule has 2 saturated carbocycles. The minimum Gasteiger partial charge on any atom is -0.449 e. The number of piperidine rings is 1. The number of likely N-dealkylation sites (tertiary alicyclic amines) is 1. The lowest BCUT2D eigenvalue weighted by Gasteiger charge is -2.39. The minimum absolute atomic E-state index is 0.00132. The van der Waals surface area contributed by atoms with Crippen LogP contribution in [-0.4, -0.2) is 47.8 Å². The highest BCUT2D eigenvalue weighted by atomic mass is 19.1. The van der Waals surface area contributed by atoms with Crippen LogP contribution in [0, 0.1) is 23.6 Å². The Labute approximate surface area is 207 Å². The number of hydrogen-bond donors (Lipinski definition) is 1. The average Bonchev–Trinajstić information content (AvgIpc) is 2.89. The lowest BCUT2D eigenvalue weighted by atomic mass is 9.76. The molecule has 1 amide bonds. The van der Waals surface area contributed by atoms with Gasteiger partial charge in [-0.2, -0.15) is 0 Å². The van der Waals surface area contributed by atoms with Crippen LogP contribution < -0.4 is 5.73 Å². The van der Waals surface area contributed by atoms with Gasteiger partial charge < -0.3 is 15.4 Å². The fourth-order valence-corrected chi connectivity index (χ4v) is 6.08. The molecule has 1 heterocycles. The molecule has 35 heavy (non-hydrogen) atoms. The summed E-state index contributed by atoms with van der Waals surface area (Å²) in [4.78, 5) is 40.1. The van der Waals surface area contributed by atoms with Crippen molar-refractivity contribution in [1.29, 1.82) is 0 Å². The predicted octanol–water partition coefficient (Wildman–Crippen LogP) is 4.65. The third kappa shape index (κ3) is 6.49. The smallest absolute Gasteiger partial charge is 0.309 e. The number of benzene rings is 1. The molecule has 2 aliphatic carbocycles. The average molecular weight is 487 g/mol. The molecule has 0 bridgehead atoms. The van der Waals surface area contributed by atoms with E-state index in [-0.39, 0.29) is 29.4 Å². The number of nitrogens with two attached hydrogens (primary N) is 1. The summed E-state index contributed by atoms with van der Waals surface area (Å²) in [6, 6.07) is 5.84. The molecular formula is C28H39FN2O4. The van der Waals surface area contributed by atoms with Crippen LogP contribution in [0.15, 0.2) is 24.3 Å². The van der Waals surface area contributed by atoms with E-state index in [1.165, 1.54) is 12.1 Å². The number of halogens is 1. The van der Waals surface area contributed by atoms with Crippen molar-refractivity contribution < 1.29 is 23.5 Å². The normalized spacial score (nSPS) is 26.8. The molecule has 1 aliphatic heterocycles. The van der Waals surface area contributed by atoms with E-state index in [9.17, 15) is 18.8 Å². The Balaban J connectivity index is 1.20. The predicted molar refractivity (Wildman–Crippen MR) is 131 cm³/mol. The lowest BCUT2D eigenvalue weighted by molar-refractivity contribution is -0.176. The Morgan fingerprint density at radius 2 is 1.54 bits per heavy atom. The quantitative estimate of drug-likeness (QED) is 0.427. The maximum Gasteiger partial charge on any atom is 0.309 e. The largest absolute Gasteiger partial charge is 0.449 e. The Morgan fingerprint density at radius 1 is 0.914 bits per heavy atom. The first kappa shape index (κ1) is 25.8. The first-order chi connectivity index (χ1) is 16.9. The molecular weight excluding hydrogens is 447 g/mol. The number of esters is 1. The second kappa shape index (κ2) is 11.6. The highest BCUT2D eigenvalue weighted by Gasteiger charge is 2.45. The molecule has 6 nitrogen and oxygen atoms in total. The second-order valence-corrected chi connectivity index (χ2v) is 10.8. The first-order valence-electron chi connectivity index (χ1n) is 13.4. The third-order valence-corrected chi connectivity index (χ3v) is 8.54. The zero-order chi connectivity index (χ0) is 24.8. The van der Waals surface area contributed by atoms with Gasteiger partial charge in [0.15, 0.2) is 11.4 Å². The maximum absolute atomic E-state index is 13.1. The fraction of sp³-hybridized carbons (Fsp3) is 0.679. The van der Waals surface area contributed by atoms with Crippen molar-refractivity contribution >= 4 is 17.7 Å². The van der Waals surface area contributed by atoms with Crippen LogP contribution in [0.5, 0.6) is 0 Å². The Morgan fingerprint density at radius 3 is 2.14 bits per heavy atom. The van der Waals surface area contributed by atoms with E-state index >= 15 is 0 Å². The Bertz CT molecular complexity index is 881. The molecule has 3 fully saturated rings. The zero-order valence-corrected chi connectivity index (χ0v) is 20.7. The molecule has 0 atom stereocenters. The molecule has 0 spiro atoms. The van der Waals surface area contributed by atoms with Crippen molar-refractivity contribution in [1.82, 2.24) is 4.90 Å². The van der Waals surface area contributed by atoms with Crippen LogP contribution in [0.4, 0.5) is 4.39 Å². The number of primary amides is 1. The van der Waals surface area contributed by atoms with Gasteiger partial charge in [-0.25, -0.2) is 4.39 Å². The number of ketones is 1. The molecule has 0 aromatic heterocycles. The van der Waals surface area contributed by atoms with Crippen molar-refractivity contribution in [2.45, 2.75) is 82.7 Å². The number of amides is 1. The number of carbonyl (C=O) groups is 3. The van der Waals surface area contributed by atoms with Gasteiger partial charge >= 0.3 is 5.97 Å². The van der Waals surface area contributed by atoms with Gasteiger partial charge in [0.2, 0.25) is 0 Å². The van der Waals surface area contributed by atoms with Crippen LogP contribution in [0.3, 0.4) is 0 Å². The van der Waals surface area contributed by atoms with E-state index in [0.717, 1.165) is 83.8 Å². The highest BCUT2D eigenvalue weighted by Crippen LogP contribution is 2.38. The SMILES string of the molecule is NC(=O)C1(OC(=O)C2CCCCC2)CCC(CCN2CCC(C(=O)c3ccc(F)cc3)CC2)CC1. The van der Waals surface area contributed by atoms with Gasteiger partial charge in [-0.1, -0.05) is 19.3 Å². The van der Waals surface area contributed by atoms with E-state index in [0.29, 0.717) is 24.3 Å². The van der Waals surface area contributed by atoms with E-state index < -0.39 is 11.5 Å². The number of Topliss-reactive ketones (excluding diaryl/α,β-unsaturated/α-hetero) is 1. The van der Waals surface area contributed by atoms with Gasteiger partial charge in [0.05, 0.1) is 5.92 Å². The second-order valence-electron chi connectivity index (χ2n) is 10.8. The van der Waals surface area contributed by atoms with Gasteiger partial charge in [0.25, 0.3) is 5.91 Å². The van der Waals surface area contributed by atoms with Crippen LogP contribution in [-0.2, 0) is 14.3 Å². The molecule has 7 heteroatoms. The summed E-state index contributed by atoms with van der Waals surface area (Å²) in [6.45, 7) is 2.73. The summed E-state index contributed by atoms with van der Waals surface area (Å²) >= 11 is 0. The fourth-order valence-electron chi connectivity index (χ4n) is 6.08.